The first-order chi connectivity index (χ1) is 11.1. The van der Waals surface area contributed by atoms with Crippen LogP contribution in [0.1, 0.15) is 17.4 Å². The molecule has 0 unspecified atom stereocenters. The van der Waals surface area contributed by atoms with E-state index in [0.29, 0.717) is 20.9 Å². The summed E-state index contributed by atoms with van der Waals surface area (Å²) in [4.78, 5) is 15.2. The summed E-state index contributed by atoms with van der Waals surface area (Å²) in [5.74, 6) is 0.487. The van der Waals surface area contributed by atoms with Crippen LogP contribution in [0.25, 0.3) is 0 Å². The first-order valence-electron chi connectivity index (χ1n) is 6.70. The lowest BCUT2D eigenvalue weighted by atomic mass is 10.3. The van der Waals surface area contributed by atoms with Crippen LogP contribution in [0.2, 0.25) is 5.02 Å². The monoisotopic (exact) mass is 366 g/mol. The number of benzene rings is 1. The Hall–Kier alpha value is -1.67. The van der Waals surface area contributed by atoms with Crippen molar-refractivity contribution in [2.24, 2.45) is 0 Å². The Kier molecular flexibility index (Phi) is 6.79. The minimum absolute atomic E-state index is 0.0592. The number of thioether (sulfide) groups is 1. The Labute approximate surface area is 149 Å². The lowest BCUT2D eigenvalue weighted by molar-refractivity contribution is 0.101. The van der Waals surface area contributed by atoms with Gasteiger partial charge in [0.1, 0.15) is 10.0 Å². The van der Waals surface area contributed by atoms with Gasteiger partial charge in [0.25, 0.3) is 0 Å². The van der Waals surface area contributed by atoms with Gasteiger partial charge in [-0.15, -0.1) is 0 Å². The zero-order chi connectivity index (χ0) is 16.7. The van der Waals surface area contributed by atoms with E-state index in [1.165, 1.54) is 18.7 Å². The third kappa shape index (κ3) is 5.80. The number of rotatable bonds is 6. The number of para-hydroxylation sites is 1. The van der Waals surface area contributed by atoms with E-state index in [9.17, 15) is 4.79 Å². The Morgan fingerprint density at radius 1 is 1.30 bits per heavy atom. The van der Waals surface area contributed by atoms with Crippen LogP contribution in [0, 0.1) is 0 Å². The molecular formula is C15H15ClN4OS2. The van der Waals surface area contributed by atoms with E-state index in [0.717, 1.165) is 11.4 Å². The van der Waals surface area contributed by atoms with Crippen molar-refractivity contribution < 1.29 is 4.79 Å². The second-order valence-corrected chi connectivity index (χ2v) is 6.53. The van der Waals surface area contributed by atoms with E-state index >= 15 is 0 Å². The third-order valence-electron chi connectivity index (χ3n) is 2.74. The van der Waals surface area contributed by atoms with Gasteiger partial charge in [-0.2, -0.15) is 0 Å². The van der Waals surface area contributed by atoms with Crippen molar-refractivity contribution in [3.63, 3.8) is 0 Å². The van der Waals surface area contributed by atoms with Gasteiger partial charge >= 0.3 is 0 Å². The van der Waals surface area contributed by atoms with Gasteiger partial charge in [-0.1, -0.05) is 47.7 Å². The second-order valence-electron chi connectivity index (χ2n) is 4.47. The molecule has 0 aliphatic heterocycles. The smallest absolute Gasteiger partial charge is 0.178 e. The molecule has 0 radical (unpaired) electrons. The topological polar surface area (TPSA) is 66.1 Å². The molecule has 0 aliphatic rings. The first-order valence-corrected chi connectivity index (χ1v) is 8.47. The summed E-state index contributed by atoms with van der Waals surface area (Å²) in [6.07, 6.45) is 1.59. The molecule has 0 saturated heterocycles. The van der Waals surface area contributed by atoms with Crippen molar-refractivity contribution in [1.29, 1.82) is 0 Å². The fourth-order valence-corrected chi connectivity index (χ4v) is 2.55. The van der Waals surface area contributed by atoms with E-state index in [4.69, 9.17) is 23.8 Å². The number of hydrogen-bond acceptors (Lipinski definition) is 6. The van der Waals surface area contributed by atoms with Gasteiger partial charge < -0.3 is 10.7 Å². The number of anilines is 2. The van der Waals surface area contributed by atoms with Crippen molar-refractivity contribution in [1.82, 2.24) is 10.4 Å². The van der Waals surface area contributed by atoms with Crippen LogP contribution in [-0.2, 0) is 0 Å². The number of nitrogens with one attached hydrogen (secondary N) is 3. The molecule has 120 valence electrons. The summed E-state index contributed by atoms with van der Waals surface area (Å²) in [7, 11) is 0. The van der Waals surface area contributed by atoms with Crippen LogP contribution in [-0.4, -0.2) is 21.0 Å². The molecule has 2 rings (SSSR count). The van der Waals surface area contributed by atoms with E-state index in [2.05, 4.69) is 21.2 Å². The van der Waals surface area contributed by atoms with Crippen molar-refractivity contribution >= 4 is 57.1 Å². The number of carbonyl (C=O) groups excluding carboxylic acids is 1. The molecule has 0 spiro atoms. The molecule has 0 amide bonds. The number of aromatic nitrogens is 1. The quantitative estimate of drug-likeness (QED) is 0.235. The zero-order valence-electron chi connectivity index (χ0n) is 12.3. The molecule has 1 aromatic heterocycles. The number of ketones is 1. The minimum atomic E-state index is -0.0592. The number of halogens is 1. The molecule has 3 N–H and O–H groups in total. The van der Waals surface area contributed by atoms with Crippen molar-refractivity contribution in [3.8, 4) is 0 Å². The van der Waals surface area contributed by atoms with Gasteiger partial charge in [-0.3, -0.25) is 9.78 Å². The fourth-order valence-electron chi connectivity index (χ4n) is 1.62. The lowest BCUT2D eigenvalue weighted by Gasteiger charge is -2.11. The molecular weight excluding hydrogens is 352 g/mol. The molecule has 5 nitrogen and oxygen atoms in total. The number of thiocarbonyl (C=S) groups is 1. The Morgan fingerprint density at radius 3 is 2.74 bits per heavy atom. The molecule has 8 heteroatoms. The Morgan fingerprint density at radius 2 is 2.09 bits per heavy atom. The maximum Gasteiger partial charge on any atom is 0.178 e. The number of Topliss-reactive ketones (excluding diaryl/α,β-unsaturated/α-hetero) is 1. The van der Waals surface area contributed by atoms with Gasteiger partial charge in [0.2, 0.25) is 0 Å². The Bertz CT molecular complexity index is 694. The molecule has 0 aliphatic carbocycles. The fraction of sp³-hybridized carbons (Fsp3) is 0.133. The van der Waals surface area contributed by atoms with E-state index in [1.54, 1.807) is 24.4 Å². The summed E-state index contributed by atoms with van der Waals surface area (Å²) in [5.41, 5.74) is 7.98. The predicted molar refractivity (Wildman–Crippen MR) is 101 cm³/mol. The summed E-state index contributed by atoms with van der Waals surface area (Å²) < 4.78 is 0.609. The molecule has 1 heterocycles. The zero-order valence-corrected chi connectivity index (χ0v) is 14.7. The van der Waals surface area contributed by atoms with E-state index in [-0.39, 0.29) is 5.78 Å². The molecule has 1 aromatic carbocycles. The van der Waals surface area contributed by atoms with Gasteiger partial charge in [0.15, 0.2) is 5.78 Å². The van der Waals surface area contributed by atoms with Crippen LogP contribution < -0.4 is 16.2 Å². The predicted octanol–water partition coefficient (Wildman–Crippen LogP) is 3.94. The van der Waals surface area contributed by atoms with E-state index < -0.39 is 0 Å². The highest BCUT2D eigenvalue weighted by molar-refractivity contribution is 8.23. The largest absolute Gasteiger partial charge is 0.340 e. The molecule has 0 fully saturated rings. The normalized spacial score (nSPS) is 10.2. The maximum atomic E-state index is 11.1. The highest BCUT2D eigenvalue weighted by atomic mass is 35.5. The summed E-state index contributed by atoms with van der Waals surface area (Å²) in [6.45, 7) is 1.48. The highest BCUT2D eigenvalue weighted by Crippen LogP contribution is 2.21. The van der Waals surface area contributed by atoms with Crippen LogP contribution in [0.4, 0.5) is 11.4 Å². The average Bonchev–Trinajstić information content (AvgIpc) is 2.54. The van der Waals surface area contributed by atoms with Gasteiger partial charge in [-0.25, -0.2) is 5.43 Å². The molecule has 0 saturated carbocycles. The SMILES string of the molecule is CC(=O)c1ccc(NNCSC(=S)Nc2ccccc2Cl)cn1. The standard InChI is InChI=1S/C15H15ClN4OS2/c1-10(21)13-7-6-11(8-17-13)20-18-9-23-15(22)19-14-5-3-2-4-12(14)16/h2-8,18,20H,9H2,1H3,(H,19,22). The van der Waals surface area contributed by atoms with Crippen molar-refractivity contribution in [2.75, 3.05) is 16.6 Å². The van der Waals surface area contributed by atoms with Gasteiger partial charge in [0, 0.05) is 6.92 Å². The summed E-state index contributed by atoms with van der Waals surface area (Å²) >= 11 is 12.7. The van der Waals surface area contributed by atoms with Crippen molar-refractivity contribution in [3.05, 3.63) is 53.3 Å². The molecule has 0 atom stereocenters. The minimum Gasteiger partial charge on any atom is -0.340 e. The molecule has 2 aromatic rings. The average molecular weight is 367 g/mol. The second kappa shape index (κ2) is 8.83. The Balaban J connectivity index is 1.71. The summed E-state index contributed by atoms with van der Waals surface area (Å²) in [5, 5.41) is 3.70. The van der Waals surface area contributed by atoms with Crippen LogP contribution >= 0.6 is 35.6 Å². The van der Waals surface area contributed by atoms with Gasteiger partial charge in [0.05, 0.1) is 28.5 Å². The van der Waals surface area contributed by atoms with Crippen molar-refractivity contribution in [2.45, 2.75) is 6.92 Å². The highest BCUT2D eigenvalue weighted by Gasteiger charge is 2.03. The summed E-state index contributed by atoms with van der Waals surface area (Å²) in [6, 6.07) is 10.9. The molecule has 0 bridgehead atoms. The van der Waals surface area contributed by atoms with Crippen LogP contribution in [0.5, 0.6) is 0 Å². The number of hydrogen-bond donors (Lipinski definition) is 3. The van der Waals surface area contributed by atoms with Gasteiger partial charge in [-0.05, 0) is 24.3 Å². The van der Waals surface area contributed by atoms with Crippen LogP contribution in [0.15, 0.2) is 42.6 Å². The lowest BCUT2D eigenvalue weighted by Crippen LogP contribution is -2.22. The van der Waals surface area contributed by atoms with Crippen LogP contribution in [0.3, 0.4) is 0 Å². The third-order valence-corrected chi connectivity index (χ3v) is 4.18. The first kappa shape index (κ1) is 17.7. The van der Waals surface area contributed by atoms with E-state index in [1.807, 2.05) is 18.2 Å². The number of pyridine rings is 1. The number of nitrogens with zero attached hydrogens (tertiary/aromatic N) is 1. The number of hydrazine groups is 1. The number of carbonyl (C=O) groups is 1. The molecule has 23 heavy (non-hydrogen) atoms. The maximum absolute atomic E-state index is 11.1.